The van der Waals surface area contributed by atoms with Crippen LogP contribution in [0.1, 0.15) is 45.8 Å². The van der Waals surface area contributed by atoms with Crippen LogP contribution in [-0.2, 0) is 6.54 Å². The molecule has 1 fully saturated rings. The number of primary amides is 1. The lowest BCUT2D eigenvalue weighted by Gasteiger charge is -2.03. The summed E-state index contributed by atoms with van der Waals surface area (Å²) in [6.45, 7) is 2.65. The molecule has 2 aromatic rings. The number of thiazole rings is 1. The van der Waals surface area contributed by atoms with Gasteiger partial charge in [-0.05, 0) is 19.8 Å². The number of aromatic nitrogens is 3. The summed E-state index contributed by atoms with van der Waals surface area (Å²) >= 11 is 1.63. The molecule has 0 radical (unpaired) electrons. The van der Waals surface area contributed by atoms with E-state index >= 15 is 0 Å². The van der Waals surface area contributed by atoms with Gasteiger partial charge in [0.1, 0.15) is 16.5 Å². The Morgan fingerprint density at radius 2 is 2.33 bits per heavy atom. The number of rotatable bonds is 4. The number of hydrogen-bond acceptors (Lipinski definition) is 4. The van der Waals surface area contributed by atoms with E-state index in [4.69, 9.17) is 5.73 Å². The Hall–Kier alpha value is -1.69. The quantitative estimate of drug-likeness (QED) is 0.910. The van der Waals surface area contributed by atoms with Crippen LogP contribution in [0, 0.1) is 6.92 Å². The molecule has 2 N–H and O–H groups in total. The van der Waals surface area contributed by atoms with Crippen LogP contribution < -0.4 is 5.73 Å². The van der Waals surface area contributed by atoms with E-state index in [0.717, 1.165) is 29.4 Å². The first-order valence-electron chi connectivity index (χ1n) is 5.91. The van der Waals surface area contributed by atoms with E-state index in [1.54, 1.807) is 17.5 Å². The van der Waals surface area contributed by atoms with Crippen molar-refractivity contribution in [3.8, 4) is 0 Å². The van der Waals surface area contributed by atoms with Crippen LogP contribution in [-0.4, -0.2) is 20.4 Å². The molecular formula is C12H14N4OS. The number of carbonyl (C=O) groups is 1. The number of amides is 1. The number of aryl methyl sites for hydroxylation is 1. The van der Waals surface area contributed by atoms with Gasteiger partial charge in [0.2, 0.25) is 0 Å². The molecule has 0 aliphatic heterocycles. The predicted molar refractivity (Wildman–Crippen MR) is 68.7 cm³/mol. The smallest absolute Gasteiger partial charge is 0.268 e. The zero-order valence-electron chi connectivity index (χ0n) is 10.1. The molecule has 0 atom stereocenters. The topological polar surface area (TPSA) is 73.8 Å². The van der Waals surface area contributed by atoms with Gasteiger partial charge in [-0.3, -0.25) is 4.79 Å². The van der Waals surface area contributed by atoms with E-state index in [1.807, 2.05) is 16.9 Å². The highest BCUT2D eigenvalue weighted by Crippen LogP contribution is 2.39. The molecule has 2 aromatic heterocycles. The van der Waals surface area contributed by atoms with Gasteiger partial charge in [0.25, 0.3) is 5.91 Å². The molecule has 2 heterocycles. The van der Waals surface area contributed by atoms with Crippen molar-refractivity contribution >= 4 is 17.2 Å². The second-order valence-corrected chi connectivity index (χ2v) is 5.58. The Morgan fingerprint density at radius 3 is 2.89 bits per heavy atom. The third-order valence-corrected chi connectivity index (χ3v) is 3.93. The molecule has 5 nitrogen and oxygen atoms in total. The minimum Gasteiger partial charge on any atom is -0.364 e. The largest absolute Gasteiger partial charge is 0.364 e. The molecule has 18 heavy (non-hydrogen) atoms. The summed E-state index contributed by atoms with van der Waals surface area (Å²) in [5.74, 6) is 0.988. The second-order valence-electron chi connectivity index (χ2n) is 4.63. The van der Waals surface area contributed by atoms with E-state index in [-0.39, 0.29) is 0 Å². The van der Waals surface area contributed by atoms with Crippen molar-refractivity contribution in [1.82, 2.24) is 14.5 Å². The first-order valence-corrected chi connectivity index (χ1v) is 6.79. The maximum Gasteiger partial charge on any atom is 0.268 e. The van der Waals surface area contributed by atoms with Crippen molar-refractivity contribution in [2.75, 3.05) is 0 Å². The Kier molecular flexibility index (Phi) is 2.66. The van der Waals surface area contributed by atoms with Gasteiger partial charge in [0.15, 0.2) is 0 Å². The summed E-state index contributed by atoms with van der Waals surface area (Å²) in [7, 11) is 0. The summed E-state index contributed by atoms with van der Waals surface area (Å²) in [4.78, 5) is 20.0. The monoisotopic (exact) mass is 262 g/mol. The normalized spacial score (nSPS) is 14.9. The van der Waals surface area contributed by atoms with E-state index in [2.05, 4.69) is 9.97 Å². The predicted octanol–water partition coefficient (Wildman–Crippen LogP) is 1.67. The van der Waals surface area contributed by atoms with Crippen molar-refractivity contribution in [3.63, 3.8) is 0 Å². The first kappa shape index (κ1) is 11.4. The lowest BCUT2D eigenvalue weighted by atomic mass is 10.4. The number of nitrogens with two attached hydrogens (primary N) is 1. The fourth-order valence-corrected chi connectivity index (χ4v) is 2.73. The Morgan fingerprint density at radius 1 is 1.56 bits per heavy atom. The molecule has 0 spiro atoms. The molecule has 0 unspecified atom stereocenters. The second kappa shape index (κ2) is 4.20. The van der Waals surface area contributed by atoms with Gasteiger partial charge in [-0.15, -0.1) is 11.3 Å². The number of imidazole rings is 1. The van der Waals surface area contributed by atoms with Crippen molar-refractivity contribution in [1.29, 1.82) is 0 Å². The van der Waals surface area contributed by atoms with Crippen LogP contribution in [0.15, 0.2) is 11.6 Å². The average molecular weight is 262 g/mol. The molecule has 1 amide bonds. The summed E-state index contributed by atoms with van der Waals surface area (Å²) in [5.41, 5.74) is 6.66. The Labute approximate surface area is 109 Å². The molecule has 1 aliphatic rings. The van der Waals surface area contributed by atoms with Crippen molar-refractivity contribution in [3.05, 3.63) is 33.8 Å². The summed E-state index contributed by atoms with van der Waals surface area (Å²) in [6, 6.07) is 0. The summed E-state index contributed by atoms with van der Waals surface area (Å²) < 4.78 is 2.01. The highest BCUT2D eigenvalue weighted by molar-refractivity contribution is 7.09. The standard InChI is InChI=1S/C12H14N4OS/c1-7-6-18-10(14-7)5-16-4-9(11(13)17)15-12(16)8-2-3-8/h4,6,8H,2-3,5H2,1H3,(H2,13,17). The highest BCUT2D eigenvalue weighted by Gasteiger charge is 2.29. The summed E-state index contributed by atoms with van der Waals surface area (Å²) in [5, 5.41) is 3.06. The zero-order chi connectivity index (χ0) is 12.7. The Bertz CT molecular complexity index is 597. The molecule has 0 saturated heterocycles. The van der Waals surface area contributed by atoms with Gasteiger partial charge in [0.05, 0.1) is 6.54 Å². The van der Waals surface area contributed by atoms with Crippen LogP contribution in [0.5, 0.6) is 0 Å². The lowest BCUT2D eigenvalue weighted by Crippen LogP contribution is -2.11. The van der Waals surface area contributed by atoms with Gasteiger partial charge < -0.3 is 10.3 Å². The van der Waals surface area contributed by atoms with Crippen LogP contribution in [0.2, 0.25) is 0 Å². The number of carbonyl (C=O) groups excluding carboxylic acids is 1. The fraction of sp³-hybridized carbons (Fsp3) is 0.417. The molecule has 0 bridgehead atoms. The average Bonchev–Trinajstić information content (AvgIpc) is 2.95. The minimum absolute atomic E-state index is 0.352. The third kappa shape index (κ3) is 2.15. The van der Waals surface area contributed by atoms with Crippen molar-refractivity contribution in [2.24, 2.45) is 5.73 Å². The van der Waals surface area contributed by atoms with Crippen molar-refractivity contribution in [2.45, 2.75) is 32.2 Å². The number of nitrogens with zero attached hydrogens (tertiary/aromatic N) is 3. The first-order chi connectivity index (χ1) is 8.63. The van der Waals surface area contributed by atoms with Gasteiger partial charge in [-0.25, -0.2) is 9.97 Å². The van der Waals surface area contributed by atoms with E-state index in [1.165, 1.54) is 0 Å². The van der Waals surface area contributed by atoms with Gasteiger partial charge in [-0.1, -0.05) is 0 Å². The molecule has 3 rings (SSSR count). The van der Waals surface area contributed by atoms with E-state index in [0.29, 0.717) is 18.2 Å². The SMILES string of the molecule is Cc1csc(Cn2cc(C(N)=O)nc2C2CC2)n1. The van der Waals surface area contributed by atoms with Crippen LogP contribution in [0.25, 0.3) is 0 Å². The van der Waals surface area contributed by atoms with Gasteiger partial charge >= 0.3 is 0 Å². The fourth-order valence-electron chi connectivity index (χ4n) is 1.96. The van der Waals surface area contributed by atoms with Gasteiger partial charge in [0, 0.05) is 23.2 Å². The van der Waals surface area contributed by atoms with Crippen LogP contribution >= 0.6 is 11.3 Å². The molecular weight excluding hydrogens is 248 g/mol. The molecule has 94 valence electrons. The van der Waals surface area contributed by atoms with E-state index in [9.17, 15) is 4.79 Å². The summed E-state index contributed by atoms with van der Waals surface area (Å²) in [6.07, 6.45) is 4.03. The highest BCUT2D eigenvalue weighted by atomic mass is 32.1. The van der Waals surface area contributed by atoms with E-state index < -0.39 is 5.91 Å². The van der Waals surface area contributed by atoms with Crippen molar-refractivity contribution < 1.29 is 4.79 Å². The zero-order valence-corrected chi connectivity index (χ0v) is 10.9. The Balaban J connectivity index is 1.92. The minimum atomic E-state index is -0.467. The molecule has 1 aliphatic carbocycles. The third-order valence-electron chi connectivity index (χ3n) is 2.97. The maximum atomic E-state index is 11.2. The molecule has 6 heteroatoms. The molecule has 1 saturated carbocycles. The number of hydrogen-bond donors (Lipinski definition) is 1. The lowest BCUT2D eigenvalue weighted by molar-refractivity contribution is 0.0996. The maximum absolute atomic E-state index is 11.2. The van der Waals surface area contributed by atoms with Crippen LogP contribution in [0.3, 0.4) is 0 Å². The van der Waals surface area contributed by atoms with Gasteiger partial charge in [-0.2, -0.15) is 0 Å². The van der Waals surface area contributed by atoms with Crippen LogP contribution in [0.4, 0.5) is 0 Å². The molecule has 0 aromatic carbocycles.